The summed E-state index contributed by atoms with van der Waals surface area (Å²) in [5.41, 5.74) is 0.394. The predicted octanol–water partition coefficient (Wildman–Crippen LogP) is 5.31. The number of ketones is 1. The van der Waals surface area contributed by atoms with Crippen molar-refractivity contribution in [1.82, 2.24) is 0 Å². The molecule has 0 amide bonds. The van der Waals surface area contributed by atoms with E-state index in [-0.39, 0.29) is 23.0 Å². The second kappa shape index (κ2) is 7.62. The molecule has 4 rings (SSSR count). The van der Waals surface area contributed by atoms with Gasteiger partial charge in [-0.1, -0.05) is 25.5 Å². The molecule has 0 aliphatic heterocycles. The molecule has 4 nitrogen and oxygen atoms in total. The molecule has 4 aliphatic carbocycles. The Hall–Kier alpha value is -1.42. The molecular formula is C26H38O4. The largest absolute Gasteiger partial charge is 0.481 e. The number of carbonyl (C=O) groups excluding carboxylic acids is 1. The highest BCUT2D eigenvalue weighted by Crippen LogP contribution is 2.69. The first-order valence-corrected chi connectivity index (χ1v) is 11.9. The molecule has 0 radical (unpaired) electrons. The molecule has 7 atom stereocenters. The molecule has 0 unspecified atom stereocenters. The second-order valence-corrected chi connectivity index (χ2v) is 11.1. The molecule has 0 bridgehead atoms. The molecule has 30 heavy (non-hydrogen) atoms. The van der Waals surface area contributed by atoms with Crippen molar-refractivity contribution in [2.24, 2.45) is 34.5 Å². The molecule has 4 aliphatic rings. The highest BCUT2D eigenvalue weighted by Gasteiger charge is 2.65. The molecule has 166 valence electrons. The average molecular weight is 415 g/mol. The van der Waals surface area contributed by atoms with E-state index in [9.17, 15) is 19.8 Å². The maximum atomic E-state index is 12.2. The topological polar surface area (TPSA) is 74.6 Å². The fraction of sp³-hybridized carbons (Fsp3) is 0.769. The smallest absolute Gasteiger partial charge is 0.303 e. The summed E-state index contributed by atoms with van der Waals surface area (Å²) < 4.78 is 0. The Morgan fingerprint density at radius 3 is 2.67 bits per heavy atom. The van der Waals surface area contributed by atoms with Crippen molar-refractivity contribution >= 4 is 11.8 Å². The molecule has 0 aromatic rings. The van der Waals surface area contributed by atoms with Crippen molar-refractivity contribution in [1.29, 1.82) is 0 Å². The zero-order valence-electron chi connectivity index (χ0n) is 18.7. The van der Waals surface area contributed by atoms with Crippen LogP contribution in [0.4, 0.5) is 0 Å². The van der Waals surface area contributed by atoms with Crippen LogP contribution in [0.3, 0.4) is 0 Å². The highest BCUT2D eigenvalue weighted by molar-refractivity contribution is 5.91. The van der Waals surface area contributed by atoms with Crippen LogP contribution < -0.4 is 0 Å². The number of hydrogen-bond donors (Lipinski definition) is 2. The Morgan fingerprint density at radius 1 is 1.23 bits per heavy atom. The number of hydrogen-bond acceptors (Lipinski definition) is 3. The van der Waals surface area contributed by atoms with Crippen LogP contribution in [0.15, 0.2) is 24.3 Å². The summed E-state index contributed by atoms with van der Waals surface area (Å²) in [6.45, 7) is 8.57. The summed E-state index contributed by atoms with van der Waals surface area (Å²) in [5.74, 6) is 1.51. The van der Waals surface area contributed by atoms with Gasteiger partial charge in [0, 0.05) is 12.8 Å². The van der Waals surface area contributed by atoms with E-state index < -0.39 is 11.6 Å². The SMILES string of the molecule is C=CCC[C@@H]1CC2=CC(=O)CC[C@]2(C)[C@H]2CC[C@@]3(C)[C@@H](CC[C@@]3(O)CCC(=O)O)[C@H]12. The van der Waals surface area contributed by atoms with E-state index in [1.807, 2.05) is 12.2 Å². The van der Waals surface area contributed by atoms with E-state index in [4.69, 9.17) is 0 Å². The Morgan fingerprint density at radius 2 is 1.97 bits per heavy atom. The van der Waals surface area contributed by atoms with Crippen LogP contribution >= 0.6 is 0 Å². The van der Waals surface area contributed by atoms with Crippen molar-refractivity contribution in [3.8, 4) is 0 Å². The van der Waals surface area contributed by atoms with Crippen LogP contribution in [0.5, 0.6) is 0 Å². The van der Waals surface area contributed by atoms with Crippen LogP contribution in [-0.4, -0.2) is 27.6 Å². The molecule has 0 spiro atoms. The summed E-state index contributed by atoms with van der Waals surface area (Å²) in [5, 5.41) is 20.9. The minimum Gasteiger partial charge on any atom is -0.481 e. The van der Waals surface area contributed by atoms with Gasteiger partial charge in [0.05, 0.1) is 5.60 Å². The predicted molar refractivity (Wildman–Crippen MR) is 117 cm³/mol. The molecule has 0 aromatic carbocycles. The first-order valence-electron chi connectivity index (χ1n) is 11.9. The van der Waals surface area contributed by atoms with Gasteiger partial charge >= 0.3 is 5.97 Å². The molecule has 3 saturated carbocycles. The number of allylic oxidation sites excluding steroid dienone is 2. The van der Waals surface area contributed by atoms with Gasteiger partial charge in [-0.25, -0.2) is 0 Å². The van der Waals surface area contributed by atoms with E-state index in [2.05, 4.69) is 20.4 Å². The van der Waals surface area contributed by atoms with Crippen LogP contribution in [0.1, 0.15) is 84.5 Å². The van der Waals surface area contributed by atoms with Crippen LogP contribution in [0, 0.1) is 34.5 Å². The van der Waals surface area contributed by atoms with Crippen molar-refractivity contribution in [2.75, 3.05) is 0 Å². The zero-order chi connectivity index (χ0) is 21.7. The van der Waals surface area contributed by atoms with E-state index in [0.717, 1.165) is 51.4 Å². The third kappa shape index (κ3) is 3.21. The lowest BCUT2D eigenvalue weighted by atomic mass is 9.43. The second-order valence-electron chi connectivity index (χ2n) is 11.1. The summed E-state index contributed by atoms with van der Waals surface area (Å²) in [6, 6.07) is 0. The van der Waals surface area contributed by atoms with Gasteiger partial charge in [-0.05, 0) is 98.4 Å². The van der Waals surface area contributed by atoms with Crippen molar-refractivity contribution < 1.29 is 19.8 Å². The number of carboxylic acids is 1. The maximum absolute atomic E-state index is 12.2. The molecule has 2 N–H and O–H groups in total. The van der Waals surface area contributed by atoms with Gasteiger partial charge in [-0.3, -0.25) is 9.59 Å². The van der Waals surface area contributed by atoms with Gasteiger partial charge in [-0.2, -0.15) is 0 Å². The molecule has 3 fully saturated rings. The molecule has 0 saturated heterocycles. The van der Waals surface area contributed by atoms with Crippen molar-refractivity contribution in [3.63, 3.8) is 0 Å². The number of aliphatic carboxylic acids is 1. The Bertz CT molecular complexity index is 769. The molecule has 0 aromatic heterocycles. The lowest BCUT2D eigenvalue weighted by Crippen LogP contribution is -2.57. The zero-order valence-corrected chi connectivity index (χ0v) is 18.7. The quantitative estimate of drug-likeness (QED) is 0.578. The summed E-state index contributed by atoms with van der Waals surface area (Å²) in [7, 11) is 0. The summed E-state index contributed by atoms with van der Waals surface area (Å²) >= 11 is 0. The van der Waals surface area contributed by atoms with E-state index in [1.165, 1.54) is 5.57 Å². The van der Waals surface area contributed by atoms with Gasteiger partial charge in [0.1, 0.15) is 0 Å². The van der Waals surface area contributed by atoms with E-state index in [0.29, 0.717) is 36.5 Å². The van der Waals surface area contributed by atoms with Gasteiger partial charge < -0.3 is 10.2 Å². The number of carbonyl (C=O) groups is 2. The Labute approximate surface area is 180 Å². The normalized spacial score (nSPS) is 45.2. The summed E-state index contributed by atoms with van der Waals surface area (Å²) in [4.78, 5) is 23.4. The minimum atomic E-state index is -0.871. The Balaban J connectivity index is 1.69. The first kappa shape index (κ1) is 21.8. The lowest BCUT2D eigenvalue weighted by molar-refractivity contribution is -0.152. The molecular weight excluding hydrogens is 376 g/mol. The summed E-state index contributed by atoms with van der Waals surface area (Å²) in [6.07, 6.45) is 12.8. The highest BCUT2D eigenvalue weighted by atomic mass is 16.4. The lowest BCUT2D eigenvalue weighted by Gasteiger charge is -2.61. The maximum Gasteiger partial charge on any atom is 0.303 e. The first-order chi connectivity index (χ1) is 14.1. The fourth-order valence-corrected chi connectivity index (χ4v) is 8.17. The van der Waals surface area contributed by atoms with Gasteiger partial charge in [0.25, 0.3) is 0 Å². The van der Waals surface area contributed by atoms with Crippen LogP contribution in [0.2, 0.25) is 0 Å². The standard InChI is InChI=1S/C26H38O4/c1-4-5-6-17-15-18-16-19(27)7-11-24(18,2)20-8-12-25(3)21(23(17)20)9-13-26(25,30)14-10-22(28)29/h4,16-17,20-21,23,30H,1,5-15H2,2-3H3,(H,28,29)/t17-,20+,21+,23-,24+,25+,26-/m1/s1. The fourth-order valence-electron chi connectivity index (χ4n) is 8.17. The van der Waals surface area contributed by atoms with Gasteiger partial charge in [0.15, 0.2) is 5.78 Å². The van der Waals surface area contributed by atoms with Crippen LogP contribution in [0.25, 0.3) is 0 Å². The van der Waals surface area contributed by atoms with E-state index in [1.54, 1.807) is 0 Å². The van der Waals surface area contributed by atoms with Gasteiger partial charge in [0.2, 0.25) is 0 Å². The number of carboxylic acid groups (broad SMARTS) is 1. The molecule has 4 heteroatoms. The van der Waals surface area contributed by atoms with Crippen molar-refractivity contribution in [2.45, 2.75) is 90.1 Å². The van der Waals surface area contributed by atoms with E-state index >= 15 is 0 Å². The Kier molecular flexibility index (Phi) is 5.53. The number of fused-ring (bicyclic) bond motifs is 5. The number of aliphatic hydroxyl groups is 1. The molecule has 0 heterocycles. The number of rotatable bonds is 6. The third-order valence-corrected chi connectivity index (χ3v) is 9.95. The van der Waals surface area contributed by atoms with Crippen LogP contribution in [-0.2, 0) is 9.59 Å². The average Bonchev–Trinajstić information content (AvgIpc) is 2.97. The minimum absolute atomic E-state index is 0.0412. The van der Waals surface area contributed by atoms with Crippen molar-refractivity contribution in [3.05, 3.63) is 24.3 Å². The monoisotopic (exact) mass is 414 g/mol. The van der Waals surface area contributed by atoms with Gasteiger partial charge in [-0.15, -0.1) is 6.58 Å². The third-order valence-electron chi connectivity index (χ3n) is 9.95.